The number of aromatic amines is 2. The fraction of sp³-hybridized carbons (Fsp3) is 0.136. The van der Waals surface area contributed by atoms with Gasteiger partial charge in [0.15, 0.2) is 0 Å². The van der Waals surface area contributed by atoms with Gasteiger partial charge in [-0.25, -0.2) is 9.48 Å². The van der Waals surface area contributed by atoms with E-state index in [0.717, 1.165) is 56.1 Å². The molecule has 0 amide bonds. The molecule has 0 aliphatic carbocycles. The van der Waals surface area contributed by atoms with E-state index < -0.39 is 0 Å². The van der Waals surface area contributed by atoms with Crippen LogP contribution in [0, 0.1) is 20.8 Å². The molecule has 0 unspecified atom stereocenters. The zero-order chi connectivity index (χ0) is 20.1. The van der Waals surface area contributed by atoms with Crippen LogP contribution in [0.1, 0.15) is 17.0 Å². The van der Waals surface area contributed by atoms with E-state index in [4.69, 9.17) is 9.62 Å². The Hall–Kier alpha value is -3.87. The van der Waals surface area contributed by atoms with Crippen molar-refractivity contribution in [1.29, 1.82) is 0 Å². The molecule has 0 saturated carbocycles. The Morgan fingerprint density at radius 2 is 1.83 bits per heavy atom. The number of benzene rings is 2. The summed E-state index contributed by atoms with van der Waals surface area (Å²) in [4.78, 5) is 17.8. The number of hydrogen-bond acceptors (Lipinski definition) is 4. The van der Waals surface area contributed by atoms with Crippen molar-refractivity contribution in [3.63, 3.8) is 0 Å². The van der Waals surface area contributed by atoms with Crippen LogP contribution in [0.25, 0.3) is 39.1 Å². The number of aromatic nitrogens is 5. The van der Waals surface area contributed by atoms with Crippen LogP contribution < -0.4 is 5.69 Å². The highest BCUT2D eigenvalue weighted by Gasteiger charge is 2.19. The van der Waals surface area contributed by atoms with Gasteiger partial charge in [-0.2, -0.15) is 5.10 Å². The van der Waals surface area contributed by atoms with E-state index in [1.165, 1.54) is 0 Å². The van der Waals surface area contributed by atoms with Gasteiger partial charge in [-0.15, -0.1) is 0 Å². The van der Waals surface area contributed by atoms with Gasteiger partial charge in [-0.1, -0.05) is 23.4 Å². The first kappa shape index (κ1) is 17.2. The third-order valence-corrected chi connectivity index (χ3v) is 5.12. The largest absolute Gasteiger partial charge is 0.361 e. The lowest BCUT2D eigenvalue weighted by Gasteiger charge is -2.07. The maximum Gasteiger partial charge on any atom is 0.323 e. The molecule has 0 aliphatic heterocycles. The summed E-state index contributed by atoms with van der Waals surface area (Å²) >= 11 is 0. The summed E-state index contributed by atoms with van der Waals surface area (Å²) in [5, 5.41) is 8.89. The van der Waals surface area contributed by atoms with Crippen LogP contribution in [0.2, 0.25) is 0 Å². The van der Waals surface area contributed by atoms with Crippen molar-refractivity contribution in [1.82, 2.24) is 24.9 Å². The number of imidazole rings is 1. The first-order chi connectivity index (χ1) is 14.0. The Kier molecular flexibility index (Phi) is 3.77. The van der Waals surface area contributed by atoms with Crippen LogP contribution in [-0.2, 0) is 0 Å². The first-order valence-corrected chi connectivity index (χ1v) is 9.32. The Labute approximate surface area is 166 Å². The number of rotatable bonds is 3. The Morgan fingerprint density at radius 1 is 1.03 bits per heavy atom. The second-order valence-corrected chi connectivity index (χ2v) is 7.17. The molecule has 2 aromatic carbocycles. The SMILES string of the molecule is Cc1cn(-c2ccccc2)nc1-c1cc(-c2c(C)noc2C)cc2[nH]c(=O)[nH]c12. The summed E-state index contributed by atoms with van der Waals surface area (Å²) in [6.45, 7) is 5.81. The summed E-state index contributed by atoms with van der Waals surface area (Å²) in [6.07, 6.45) is 1.99. The number of H-pyrrole nitrogens is 2. The van der Waals surface area contributed by atoms with Crippen molar-refractivity contribution in [3.8, 4) is 28.1 Å². The number of nitrogens with zero attached hydrogens (tertiary/aromatic N) is 3. The van der Waals surface area contributed by atoms with E-state index in [1.807, 2.05) is 74.1 Å². The highest BCUT2D eigenvalue weighted by Crippen LogP contribution is 2.35. The average Bonchev–Trinajstić information content (AvgIpc) is 3.38. The molecule has 0 aliphatic rings. The van der Waals surface area contributed by atoms with Gasteiger partial charge >= 0.3 is 5.69 Å². The average molecular weight is 385 g/mol. The van der Waals surface area contributed by atoms with Crippen molar-refractivity contribution in [2.45, 2.75) is 20.8 Å². The van der Waals surface area contributed by atoms with Crippen molar-refractivity contribution in [2.24, 2.45) is 0 Å². The molecule has 0 saturated heterocycles. The van der Waals surface area contributed by atoms with Gasteiger partial charge in [0.25, 0.3) is 0 Å². The molecule has 5 rings (SSSR count). The van der Waals surface area contributed by atoms with Crippen LogP contribution in [0.4, 0.5) is 0 Å². The van der Waals surface area contributed by atoms with Gasteiger partial charge in [0, 0.05) is 17.3 Å². The predicted octanol–water partition coefficient (Wildman–Crippen LogP) is 4.29. The number of aryl methyl sites for hydroxylation is 3. The molecule has 7 heteroatoms. The molecular weight excluding hydrogens is 366 g/mol. The van der Waals surface area contributed by atoms with E-state index in [1.54, 1.807) is 0 Å². The van der Waals surface area contributed by atoms with Crippen LogP contribution in [0.5, 0.6) is 0 Å². The van der Waals surface area contributed by atoms with Crippen molar-refractivity contribution in [2.75, 3.05) is 0 Å². The number of para-hydroxylation sites is 1. The third-order valence-electron chi connectivity index (χ3n) is 5.12. The summed E-state index contributed by atoms with van der Waals surface area (Å²) in [6, 6.07) is 13.9. The molecule has 144 valence electrons. The number of nitrogens with one attached hydrogen (secondary N) is 2. The first-order valence-electron chi connectivity index (χ1n) is 9.32. The van der Waals surface area contributed by atoms with Gasteiger partial charge in [-0.05, 0) is 56.2 Å². The standard InChI is InChI=1S/C22H19N5O2/c1-12-11-27(16-7-5-4-6-8-16)25-20(12)17-9-15(19-13(2)26-29-14(19)3)10-18-21(17)24-22(28)23-18/h4-11H,1-3H3,(H2,23,24,28). The predicted molar refractivity (Wildman–Crippen MR) is 111 cm³/mol. The Bertz CT molecular complexity index is 1380. The summed E-state index contributed by atoms with van der Waals surface area (Å²) in [5.74, 6) is 0.734. The highest BCUT2D eigenvalue weighted by atomic mass is 16.5. The van der Waals surface area contributed by atoms with E-state index in [9.17, 15) is 4.79 Å². The van der Waals surface area contributed by atoms with Gasteiger partial charge in [0.05, 0.1) is 28.1 Å². The van der Waals surface area contributed by atoms with Gasteiger partial charge in [0.1, 0.15) is 5.76 Å². The molecule has 0 bridgehead atoms. The third kappa shape index (κ3) is 2.79. The van der Waals surface area contributed by atoms with E-state index in [-0.39, 0.29) is 5.69 Å². The maximum atomic E-state index is 12.0. The number of fused-ring (bicyclic) bond motifs is 1. The minimum atomic E-state index is -0.252. The van der Waals surface area contributed by atoms with E-state index in [0.29, 0.717) is 0 Å². The smallest absolute Gasteiger partial charge is 0.323 e. The molecular formula is C22H19N5O2. The monoisotopic (exact) mass is 385 g/mol. The Morgan fingerprint density at radius 3 is 2.55 bits per heavy atom. The van der Waals surface area contributed by atoms with Gasteiger partial charge in [-0.3, -0.25) is 0 Å². The lowest BCUT2D eigenvalue weighted by Crippen LogP contribution is -1.99. The van der Waals surface area contributed by atoms with Crippen molar-refractivity contribution >= 4 is 11.0 Å². The number of hydrogen-bond donors (Lipinski definition) is 2. The summed E-state index contributed by atoms with van der Waals surface area (Å²) in [5.41, 5.74) is 7.49. The topological polar surface area (TPSA) is 92.5 Å². The molecule has 29 heavy (non-hydrogen) atoms. The van der Waals surface area contributed by atoms with Crippen LogP contribution in [-0.4, -0.2) is 24.9 Å². The van der Waals surface area contributed by atoms with E-state index >= 15 is 0 Å². The molecule has 0 fully saturated rings. The zero-order valence-corrected chi connectivity index (χ0v) is 16.3. The second kappa shape index (κ2) is 6.34. The normalized spacial score (nSPS) is 11.4. The Balaban J connectivity index is 1.77. The summed E-state index contributed by atoms with van der Waals surface area (Å²) < 4.78 is 7.20. The minimum Gasteiger partial charge on any atom is -0.361 e. The fourth-order valence-electron chi connectivity index (χ4n) is 3.81. The van der Waals surface area contributed by atoms with E-state index in [2.05, 4.69) is 15.1 Å². The van der Waals surface area contributed by atoms with Gasteiger partial charge < -0.3 is 14.5 Å². The van der Waals surface area contributed by atoms with Crippen LogP contribution in [0.3, 0.4) is 0 Å². The van der Waals surface area contributed by atoms with Crippen molar-refractivity contribution < 1.29 is 4.52 Å². The molecule has 0 spiro atoms. The lowest BCUT2D eigenvalue weighted by molar-refractivity contribution is 0.393. The molecule has 0 atom stereocenters. The second-order valence-electron chi connectivity index (χ2n) is 7.17. The van der Waals surface area contributed by atoms with Crippen molar-refractivity contribution in [3.05, 3.63) is 76.2 Å². The maximum absolute atomic E-state index is 12.0. The van der Waals surface area contributed by atoms with Gasteiger partial charge in [0.2, 0.25) is 0 Å². The van der Waals surface area contributed by atoms with Crippen LogP contribution >= 0.6 is 0 Å². The lowest BCUT2D eigenvalue weighted by atomic mass is 9.98. The molecule has 5 aromatic rings. The van der Waals surface area contributed by atoms with Crippen LogP contribution in [0.15, 0.2) is 58.0 Å². The highest BCUT2D eigenvalue weighted by molar-refractivity contribution is 5.96. The molecule has 3 aromatic heterocycles. The minimum absolute atomic E-state index is 0.252. The zero-order valence-electron chi connectivity index (χ0n) is 16.3. The summed E-state index contributed by atoms with van der Waals surface area (Å²) in [7, 11) is 0. The fourth-order valence-corrected chi connectivity index (χ4v) is 3.81. The molecule has 0 radical (unpaired) electrons. The quantitative estimate of drug-likeness (QED) is 0.485. The molecule has 7 nitrogen and oxygen atoms in total. The molecule has 2 N–H and O–H groups in total. The molecule has 3 heterocycles.